The van der Waals surface area contributed by atoms with Crippen LogP contribution in [0.1, 0.15) is 44.1 Å². The number of nitrogens with zero attached hydrogens (tertiary/aromatic N) is 2. The van der Waals surface area contributed by atoms with Gasteiger partial charge in [-0.15, -0.1) is 11.8 Å². The average molecular weight is 305 g/mol. The van der Waals surface area contributed by atoms with Crippen LogP contribution in [0, 0.1) is 0 Å². The summed E-state index contributed by atoms with van der Waals surface area (Å²) in [5, 5.41) is 7.42. The SMILES string of the molecule is CCCNC(C)c1nc(C2CSc3ccccc3O2)no1. The highest BCUT2D eigenvalue weighted by Gasteiger charge is 2.26. The summed E-state index contributed by atoms with van der Waals surface area (Å²) in [7, 11) is 0. The van der Waals surface area contributed by atoms with E-state index in [1.807, 2.05) is 25.1 Å². The third-order valence-electron chi connectivity index (χ3n) is 3.32. The maximum absolute atomic E-state index is 5.97. The first-order valence-electron chi connectivity index (χ1n) is 7.23. The van der Waals surface area contributed by atoms with Gasteiger partial charge in [0.1, 0.15) is 5.75 Å². The lowest BCUT2D eigenvalue weighted by Gasteiger charge is -2.22. The van der Waals surface area contributed by atoms with Crippen molar-refractivity contribution in [2.45, 2.75) is 37.3 Å². The molecule has 21 heavy (non-hydrogen) atoms. The molecule has 0 bridgehead atoms. The summed E-state index contributed by atoms with van der Waals surface area (Å²) in [6, 6.07) is 8.09. The van der Waals surface area contributed by atoms with Crippen molar-refractivity contribution in [2.24, 2.45) is 0 Å². The van der Waals surface area contributed by atoms with Crippen molar-refractivity contribution in [3.8, 4) is 5.75 Å². The van der Waals surface area contributed by atoms with E-state index in [0.717, 1.165) is 29.4 Å². The van der Waals surface area contributed by atoms with E-state index in [2.05, 4.69) is 28.4 Å². The molecular formula is C15H19N3O2S. The molecule has 0 saturated carbocycles. The van der Waals surface area contributed by atoms with Crippen molar-refractivity contribution in [1.29, 1.82) is 0 Å². The number of hydrogen-bond donors (Lipinski definition) is 1. The van der Waals surface area contributed by atoms with Gasteiger partial charge < -0.3 is 14.6 Å². The van der Waals surface area contributed by atoms with Crippen molar-refractivity contribution in [3.63, 3.8) is 0 Å². The fraction of sp³-hybridized carbons (Fsp3) is 0.467. The Balaban J connectivity index is 1.70. The molecule has 0 saturated heterocycles. The van der Waals surface area contributed by atoms with Gasteiger partial charge in [0.2, 0.25) is 11.7 Å². The van der Waals surface area contributed by atoms with Gasteiger partial charge in [-0.2, -0.15) is 4.98 Å². The van der Waals surface area contributed by atoms with Gasteiger partial charge in [-0.1, -0.05) is 24.2 Å². The van der Waals surface area contributed by atoms with Gasteiger partial charge in [0.25, 0.3) is 0 Å². The maximum Gasteiger partial charge on any atom is 0.243 e. The lowest BCUT2D eigenvalue weighted by Crippen LogP contribution is -2.20. The van der Waals surface area contributed by atoms with Crippen molar-refractivity contribution in [3.05, 3.63) is 36.0 Å². The molecule has 5 nitrogen and oxygen atoms in total. The quantitative estimate of drug-likeness (QED) is 0.914. The van der Waals surface area contributed by atoms with Crippen LogP contribution in [0.5, 0.6) is 5.75 Å². The molecule has 0 amide bonds. The Morgan fingerprint density at radius 2 is 2.29 bits per heavy atom. The predicted octanol–water partition coefficient (Wildman–Crippen LogP) is 3.36. The minimum Gasteiger partial charge on any atom is -0.480 e. The van der Waals surface area contributed by atoms with Gasteiger partial charge in [-0.25, -0.2) is 0 Å². The number of hydrogen-bond acceptors (Lipinski definition) is 6. The molecule has 1 aromatic heterocycles. The second-order valence-corrected chi connectivity index (χ2v) is 6.09. The highest BCUT2D eigenvalue weighted by molar-refractivity contribution is 7.99. The molecule has 2 heterocycles. The number of para-hydroxylation sites is 1. The van der Waals surface area contributed by atoms with Crippen LogP contribution in [0.15, 0.2) is 33.7 Å². The topological polar surface area (TPSA) is 60.2 Å². The van der Waals surface area contributed by atoms with Gasteiger partial charge in [0, 0.05) is 10.6 Å². The van der Waals surface area contributed by atoms with Crippen molar-refractivity contribution >= 4 is 11.8 Å². The van der Waals surface area contributed by atoms with Crippen molar-refractivity contribution in [1.82, 2.24) is 15.5 Å². The molecule has 0 radical (unpaired) electrons. The Morgan fingerprint density at radius 3 is 3.14 bits per heavy atom. The first-order valence-corrected chi connectivity index (χ1v) is 8.22. The average Bonchev–Trinajstić information content (AvgIpc) is 3.02. The van der Waals surface area contributed by atoms with E-state index in [4.69, 9.17) is 9.26 Å². The molecule has 6 heteroatoms. The van der Waals surface area contributed by atoms with Crippen LogP contribution in [0.3, 0.4) is 0 Å². The highest BCUT2D eigenvalue weighted by Crippen LogP contribution is 2.39. The third kappa shape index (κ3) is 3.22. The van der Waals surface area contributed by atoms with E-state index in [9.17, 15) is 0 Å². The number of benzene rings is 1. The zero-order valence-corrected chi connectivity index (χ0v) is 13.0. The van der Waals surface area contributed by atoms with Crippen LogP contribution in [-0.2, 0) is 0 Å². The molecule has 112 valence electrons. The largest absolute Gasteiger partial charge is 0.480 e. The molecule has 0 spiro atoms. The second kappa shape index (κ2) is 6.49. The number of rotatable bonds is 5. The molecule has 3 rings (SSSR count). The second-order valence-electron chi connectivity index (χ2n) is 5.03. The highest BCUT2D eigenvalue weighted by atomic mass is 32.2. The van der Waals surface area contributed by atoms with Crippen LogP contribution in [0.4, 0.5) is 0 Å². The van der Waals surface area contributed by atoms with E-state index in [1.54, 1.807) is 11.8 Å². The van der Waals surface area contributed by atoms with Gasteiger partial charge in [0.15, 0.2) is 6.10 Å². The van der Waals surface area contributed by atoms with E-state index < -0.39 is 0 Å². The summed E-state index contributed by atoms with van der Waals surface area (Å²) < 4.78 is 11.3. The number of nitrogens with one attached hydrogen (secondary N) is 1. The van der Waals surface area contributed by atoms with Crippen LogP contribution in [0.2, 0.25) is 0 Å². The molecule has 0 aliphatic carbocycles. The predicted molar refractivity (Wildman–Crippen MR) is 81.5 cm³/mol. The van der Waals surface area contributed by atoms with Crippen LogP contribution >= 0.6 is 11.8 Å². The molecule has 2 unspecified atom stereocenters. The van der Waals surface area contributed by atoms with Crippen molar-refractivity contribution in [2.75, 3.05) is 12.3 Å². The van der Waals surface area contributed by atoms with Gasteiger partial charge in [0.05, 0.1) is 6.04 Å². The summed E-state index contributed by atoms with van der Waals surface area (Å²) in [5.41, 5.74) is 0. The zero-order chi connectivity index (χ0) is 14.7. The minimum absolute atomic E-state index is 0.0646. The molecule has 2 atom stereocenters. The molecule has 0 fully saturated rings. The van der Waals surface area contributed by atoms with Crippen LogP contribution in [0.25, 0.3) is 0 Å². The molecule has 1 aromatic carbocycles. The summed E-state index contributed by atoms with van der Waals surface area (Å²) in [6.07, 6.45) is 0.922. The molecular weight excluding hydrogens is 286 g/mol. The van der Waals surface area contributed by atoms with E-state index in [-0.39, 0.29) is 12.1 Å². The number of aromatic nitrogens is 2. The maximum atomic E-state index is 5.97. The first kappa shape index (κ1) is 14.4. The van der Waals surface area contributed by atoms with Gasteiger partial charge in [-0.05, 0) is 32.0 Å². The summed E-state index contributed by atoms with van der Waals surface area (Å²) in [4.78, 5) is 5.64. The van der Waals surface area contributed by atoms with E-state index >= 15 is 0 Å². The Hall–Kier alpha value is -1.53. The van der Waals surface area contributed by atoms with Gasteiger partial charge >= 0.3 is 0 Å². The first-order chi connectivity index (χ1) is 10.3. The summed E-state index contributed by atoms with van der Waals surface area (Å²) >= 11 is 1.76. The van der Waals surface area contributed by atoms with Crippen LogP contribution < -0.4 is 10.1 Å². The molecule has 2 aromatic rings. The molecule has 1 N–H and O–H groups in total. The third-order valence-corrected chi connectivity index (χ3v) is 4.44. The zero-order valence-electron chi connectivity index (χ0n) is 12.2. The Bertz CT molecular complexity index is 602. The summed E-state index contributed by atoms with van der Waals surface area (Å²) in [6.45, 7) is 5.09. The van der Waals surface area contributed by atoms with Gasteiger partial charge in [-0.3, -0.25) is 0 Å². The number of fused-ring (bicyclic) bond motifs is 1. The monoisotopic (exact) mass is 305 g/mol. The number of ether oxygens (including phenoxy) is 1. The normalized spacial score (nSPS) is 18.9. The molecule has 1 aliphatic heterocycles. The minimum atomic E-state index is -0.152. The lowest BCUT2D eigenvalue weighted by atomic mass is 10.3. The Labute approximate surface area is 128 Å². The molecule has 1 aliphatic rings. The van der Waals surface area contributed by atoms with Crippen LogP contribution in [-0.4, -0.2) is 22.4 Å². The standard InChI is InChI=1S/C15H19N3O2S/c1-3-8-16-10(2)15-17-14(18-20-15)12-9-21-13-7-5-4-6-11(13)19-12/h4-7,10,12,16H,3,8-9H2,1-2H3. The number of thioether (sulfide) groups is 1. The fourth-order valence-electron chi connectivity index (χ4n) is 2.15. The fourth-order valence-corrected chi connectivity index (χ4v) is 3.13. The Kier molecular flexibility index (Phi) is 4.45. The van der Waals surface area contributed by atoms with E-state index in [1.165, 1.54) is 0 Å². The Morgan fingerprint density at radius 1 is 1.43 bits per heavy atom. The smallest absolute Gasteiger partial charge is 0.243 e. The lowest BCUT2D eigenvalue weighted by molar-refractivity contribution is 0.204. The van der Waals surface area contributed by atoms with Crippen molar-refractivity contribution < 1.29 is 9.26 Å². The summed E-state index contributed by atoms with van der Waals surface area (Å²) in [5.74, 6) is 2.93. The van der Waals surface area contributed by atoms with E-state index in [0.29, 0.717) is 11.7 Å².